The van der Waals surface area contributed by atoms with Crippen molar-refractivity contribution in [2.75, 3.05) is 27.4 Å². The molecule has 1 aliphatic rings. The van der Waals surface area contributed by atoms with Crippen LogP contribution in [0.2, 0.25) is 0 Å². The lowest BCUT2D eigenvalue weighted by Gasteiger charge is -2.26. The van der Waals surface area contributed by atoms with Crippen molar-refractivity contribution in [1.29, 1.82) is 0 Å². The van der Waals surface area contributed by atoms with Gasteiger partial charge in [-0.15, -0.1) is 0 Å². The van der Waals surface area contributed by atoms with Crippen molar-refractivity contribution in [3.05, 3.63) is 64.8 Å². The van der Waals surface area contributed by atoms with Crippen molar-refractivity contribution < 1.29 is 28.6 Å². The van der Waals surface area contributed by atoms with Crippen LogP contribution in [0.1, 0.15) is 27.9 Å². The molecule has 1 atom stereocenters. The molecule has 1 aromatic heterocycles. The van der Waals surface area contributed by atoms with Crippen molar-refractivity contribution in [2.24, 2.45) is 0 Å². The molecular formula is C20H21NO6. The Morgan fingerprint density at radius 2 is 1.89 bits per heavy atom. The van der Waals surface area contributed by atoms with E-state index in [2.05, 4.69) is 0 Å². The smallest absolute Gasteiger partial charge is 0.290 e. The third-order valence-corrected chi connectivity index (χ3v) is 4.48. The number of hydrogen-bond donors (Lipinski definition) is 1. The van der Waals surface area contributed by atoms with Crippen molar-refractivity contribution in [3.63, 3.8) is 0 Å². The van der Waals surface area contributed by atoms with Gasteiger partial charge in [-0.1, -0.05) is 12.1 Å². The first-order valence-electron chi connectivity index (χ1n) is 8.46. The van der Waals surface area contributed by atoms with E-state index >= 15 is 0 Å². The number of carbonyl (C=O) groups excluding carboxylic acids is 2. The molecule has 7 heteroatoms. The van der Waals surface area contributed by atoms with Gasteiger partial charge in [0.15, 0.2) is 11.5 Å². The summed E-state index contributed by atoms with van der Waals surface area (Å²) in [6.07, 6.45) is 0. The predicted molar refractivity (Wildman–Crippen MR) is 96.8 cm³/mol. The zero-order chi connectivity index (χ0) is 19.6. The Bertz CT molecular complexity index is 880. The van der Waals surface area contributed by atoms with E-state index in [4.69, 9.17) is 13.9 Å². The average molecular weight is 371 g/mol. The largest absolute Gasteiger partial charge is 0.503 e. The monoisotopic (exact) mass is 371 g/mol. The number of carbonyl (C=O) groups is 2. The molecule has 0 radical (unpaired) electrons. The van der Waals surface area contributed by atoms with E-state index in [1.54, 1.807) is 44.4 Å². The van der Waals surface area contributed by atoms with Gasteiger partial charge in [0.25, 0.3) is 5.91 Å². The topological polar surface area (TPSA) is 89.2 Å². The fourth-order valence-electron chi connectivity index (χ4n) is 3.13. The molecule has 0 saturated heterocycles. The molecular weight excluding hydrogens is 350 g/mol. The second-order valence-corrected chi connectivity index (χ2v) is 6.17. The lowest BCUT2D eigenvalue weighted by atomic mass is 9.95. The number of aryl methyl sites for hydroxylation is 1. The summed E-state index contributed by atoms with van der Waals surface area (Å²) in [5.74, 6) is -0.400. The van der Waals surface area contributed by atoms with E-state index in [0.29, 0.717) is 17.1 Å². The summed E-state index contributed by atoms with van der Waals surface area (Å²) in [7, 11) is 3.08. The Labute approximate surface area is 156 Å². The summed E-state index contributed by atoms with van der Waals surface area (Å²) in [6, 6.07) is 9.45. The normalized spacial score (nSPS) is 16.9. The second-order valence-electron chi connectivity index (χ2n) is 6.17. The molecule has 1 aromatic carbocycles. The highest BCUT2D eigenvalue weighted by Crippen LogP contribution is 2.39. The minimum atomic E-state index is -0.739. The van der Waals surface area contributed by atoms with Crippen LogP contribution in [0.4, 0.5) is 0 Å². The lowest BCUT2D eigenvalue weighted by Crippen LogP contribution is -2.33. The zero-order valence-electron chi connectivity index (χ0n) is 15.4. The second kappa shape index (κ2) is 7.67. The summed E-state index contributed by atoms with van der Waals surface area (Å²) in [5, 5.41) is 10.5. The SMILES string of the molecule is COCCN1C(=O)C(O)=C(C(=O)c2ccc(C)o2)[C@H]1c1ccc(OC)cc1. The number of Topliss-reactive ketones (excluding diaryl/α,β-unsaturated/α-hetero) is 1. The molecule has 0 spiro atoms. The van der Waals surface area contributed by atoms with Crippen LogP contribution in [0.3, 0.4) is 0 Å². The molecule has 27 heavy (non-hydrogen) atoms. The first kappa shape index (κ1) is 18.7. The molecule has 7 nitrogen and oxygen atoms in total. The van der Waals surface area contributed by atoms with Gasteiger partial charge in [-0.2, -0.15) is 0 Å². The van der Waals surface area contributed by atoms with Gasteiger partial charge in [0.05, 0.1) is 25.3 Å². The number of ether oxygens (including phenoxy) is 2. The highest BCUT2D eigenvalue weighted by Gasteiger charge is 2.44. The van der Waals surface area contributed by atoms with E-state index in [1.165, 1.54) is 18.1 Å². The summed E-state index contributed by atoms with van der Waals surface area (Å²) in [6.45, 7) is 2.22. The Balaban J connectivity index is 2.05. The third-order valence-electron chi connectivity index (χ3n) is 4.48. The highest BCUT2D eigenvalue weighted by atomic mass is 16.5. The lowest BCUT2D eigenvalue weighted by molar-refractivity contribution is -0.130. The maximum absolute atomic E-state index is 13.0. The fraction of sp³-hybridized carbons (Fsp3) is 0.300. The molecule has 0 bridgehead atoms. The Kier molecular flexibility index (Phi) is 5.32. The van der Waals surface area contributed by atoms with Crippen molar-refractivity contribution in [1.82, 2.24) is 4.90 Å². The average Bonchev–Trinajstić information content (AvgIpc) is 3.22. The maximum Gasteiger partial charge on any atom is 0.290 e. The number of aliphatic hydroxyl groups excluding tert-OH is 1. The molecule has 1 aliphatic heterocycles. The first-order chi connectivity index (χ1) is 13.0. The van der Waals surface area contributed by atoms with Gasteiger partial charge >= 0.3 is 0 Å². The molecule has 142 valence electrons. The quantitative estimate of drug-likeness (QED) is 0.753. The van der Waals surface area contributed by atoms with E-state index < -0.39 is 23.5 Å². The molecule has 2 aromatic rings. The van der Waals surface area contributed by atoms with Gasteiger partial charge in [0.1, 0.15) is 11.5 Å². The molecule has 0 saturated carbocycles. The minimum Gasteiger partial charge on any atom is -0.503 e. The molecule has 2 heterocycles. The predicted octanol–water partition coefficient (Wildman–Crippen LogP) is 2.82. The Morgan fingerprint density at radius 1 is 1.19 bits per heavy atom. The Hall–Kier alpha value is -3.06. The standard InChI is InChI=1S/C20H21NO6/c1-12-4-9-15(27-12)18(22)16-17(13-5-7-14(26-3)8-6-13)21(10-11-25-2)20(24)19(16)23/h4-9,17,23H,10-11H2,1-3H3/t17-/m1/s1. The molecule has 1 amide bonds. The van der Waals surface area contributed by atoms with Gasteiger partial charge in [0, 0.05) is 13.7 Å². The number of ketones is 1. The van der Waals surface area contributed by atoms with Gasteiger partial charge in [-0.05, 0) is 36.8 Å². The number of rotatable bonds is 7. The summed E-state index contributed by atoms with van der Waals surface area (Å²) < 4.78 is 15.7. The first-order valence-corrected chi connectivity index (χ1v) is 8.46. The summed E-state index contributed by atoms with van der Waals surface area (Å²) in [4.78, 5) is 27.0. The van der Waals surface area contributed by atoms with E-state index in [1.807, 2.05) is 0 Å². The molecule has 0 unspecified atom stereocenters. The van der Waals surface area contributed by atoms with Crippen LogP contribution < -0.4 is 4.74 Å². The van der Waals surface area contributed by atoms with Gasteiger partial charge in [0.2, 0.25) is 5.78 Å². The molecule has 0 fully saturated rings. The van der Waals surface area contributed by atoms with Crippen LogP contribution in [0.25, 0.3) is 0 Å². The molecule has 1 N–H and O–H groups in total. The van der Waals surface area contributed by atoms with E-state index in [0.717, 1.165) is 0 Å². The van der Waals surface area contributed by atoms with Crippen LogP contribution in [-0.4, -0.2) is 49.1 Å². The van der Waals surface area contributed by atoms with Gasteiger partial charge in [-0.25, -0.2) is 0 Å². The van der Waals surface area contributed by atoms with Crippen LogP contribution in [0.5, 0.6) is 5.75 Å². The number of furan rings is 1. The van der Waals surface area contributed by atoms with E-state index in [9.17, 15) is 14.7 Å². The van der Waals surface area contributed by atoms with Gasteiger partial charge < -0.3 is 23.9 Å². The molecule has 3 rings (SSSR count). The van der Waals surface area contributed by atoms with Crippen molar-refractivity contribution >= 4 is 11.7 Å². The maximum atomic E-state index is 13.0. The Morgan fingerprint density at radius 3 is 2.44 bits per heavy atom. The number of aliphatic hydroxyl groups is 1. The van der Waals surface area contributed by atoms with E-state index in [-0.39, 0.29) is 24.5 Å². The van der Waals surface area contributed by atoms with Crippen LogP contribution in [0.15, 0.2) is 52.1 Å². The third kappa shape index (κ3) is 3.46. The highest BCUT2D eigenvalue weighted by molar-refractivity contribution is 6.15. The summed E-state index contributed by atoms with van der Waals surface area (Å²) >= 11 is 0. The van der Waals surface area contributed by atoms with Crippen LogP contribution in [-0.2, 0) is 9.53 Å². The molecule has 0 aliphatic carbocycles. The number of benzene rings is 1. The van der Waals surface area contributed by atoms with Gasteiger partial charge in [-0.3, -0.25) is 9.59 Å². The van der Waals surface area contributed by atoms with Crippen LogP contribution >= 0.6 is 0 Å². The summed E-state index contributed by atoms with van der Waals surface area (Å²) in [5.41, 5.74) is 0.673. The number of amides is 1. The zero-order valence-corrected chi connectivity index (χ0v) is 15.4. The fourth-order valence-corrected chi connectivity index (χ4v) is 3.13. The number of hydrogen-bond acceptors (Lipinski definition) is 6. The van der Waals surface area contributed by atoms with Crippen molar-refractivity contribution in [3.8, 4) is 5.75 Å². The number of nitrogens with zero attached hydrogens (tertiary/aromatic N) is 1. The van der Waals surface area contributed by atoms with Crippen LogP contribution in [0, 0.1) is 6.92 Å². The van der Waals surface area contributed by atoms with Crippen molar-refractivity contribution in [2.45, 2.75) is 13.0 Å². The number of methoxy groups -OCH3 is 2. The minimum absolute atomic E-state index is 0.00406.